The molecule has 4 N–H and O–H groups in total. The van der Waals surface area contributed by atoms with Gasteiger partial charge in [-0.15, -0.1) is 11.8 Å². The minimum absolute atomic E-state index is 0.0450. The summed E-state index contributed by atoms with van der Waals surface area (Å²) in [5.74, 6) is -2.22. The molecular weight excluding hydrogens is 498 g/mol. The maximum Gasteiger partial charge on any atom is 0.352 e. The van der Waals surface area contributed by atoms with Gasteiger partial charge >= 0.3 is 5.97 Å². The van der Waals surface area contributed by atoms with Gasteiger partial charge in [-0.1, -0.05) is 11.2 Å². The molecule has 2 amide bonds. The Morgan fingerprint density at radius 3 is 2.69 bits per heavy atom. The number of aromatic nitrogens is 2. The third kappa shape index (κ3) is 5.86. The number of ketones is 1. The summed E-state index contributed by atoms with van der Waals surface area (Å²) in [6, 6.07) is -0.961. The zero-order chi connectivity index (χ0) is 25.9. The number of quaternary nitrogens is 1. The number of carboxylic acids is 1. The first-order chi connectivity index (χ1) is 16.4. The number of Topliss-reactive ketones (excluding diaryl/α,β-unsaturated/α-hetero) is 1. The third-order valence-corrected chi connectivity index (χ3v) is 6.95. The maximum atomic E-state index is 12.9. The number of carboxylic acid groups (broad SMARTS) is 1. The first-order valence-electron chi connectivity index (χ1n) is 10.4. The molecule has 1 saturated heterocycles. The zero-order valence-electron chi connectivity index (χ0n) is 19.5. The molecule has 35 heavy (non-hydrogen) atoms. The SMILES string of the molecule is CO/N=C(\C(=O)N[C@@H]1C(=O)N2C(C(=O)O)=C(/C=C/C[N+](C)(C)CC(C)=O)CS[C@@H]12)c1nsc(N)n1. The number of anilines is 1. The molecule has 2 atom stereocenters. The highest BCUT2D eigenvalue weighted by molar-refractivity contribution is 8.00. The van der Waals surface area contributed by atoms with Crippen LogP contribution in [0.5, 0.6) is 0 Å². The van der Waals surface area contributed by atoms with Gasteiger partial charge in [-0.2, -0.15) is 9.36 Å². The Hall–Kier alpha value is -3.30. The largest absolute Gasteiger partial charge is 0.477 e. The van der Waals surface area contributed by atoms with Gasteiger partial charge < -0.3 is 25.5 Å². The number of nitrogens with one attached hydrogen (secondary N) is 1. The second-order valence-electron chi connectivity index (χ2n) is 8.50. The fourth-order valence-electron chi connectivity index (χ4n) is 3.73. The van der Waals surface area contributed by atoms with Crippen molar-refractivity contribution in [3.63, 3.8) is 0 Å². The quantitative estimate of drug-likeness (QED) is 0.155. The van der Waals surface area contributed by atoms with Crippen molar-refractivity contribution in [2.75, 3.05) is 45.8 Å². The van der Waals surface area contributed by atoms with Crippen molar-refractivity contribution in [1.29, 1.82) is 0 Å². The molecule has 2 aliphatic rings. The summed E-state index contributed by atoms with van der Waals surface area (Å²) in [5, 5.41) is 15.5. The molecule has 3 heterocycles. The molecule has 3 rings (SSSR count). The van der Waals surface area contributed by atoms with Crippen molar-refractivity contribution in [1.82, 2.24) is 19.6 Å². The number of thioether (sulfide) groups is 1. The molecule has 188 valence electrons. The van der Waals surface area contributed by atoms with E-state index in [1.807, 2.05) is 14.1 Å². The van der Waals surface area contributed by atoms with Crippen LogP contribution in [-0.2, 0) is 24.0 Å². The Labute approximate surface area is 209 Å². The number of rotatable bonds is 10. The number of nitrogen functional groups attached to an aromatic ring is 1. The van der Waals surface area contributed by atoms with Gasteiger partial charge in [0.05, 0.1) is 20.6 Å². The van der Waals surface area contributed by atoms with E-state index in [1.54, 1.807) is 12.2 Å². The van der Waals surface area contributed by atoms with Gasteiger partial charge in [0.25, 0.3) is 11.8 Å². The van der Waals surface area contributed by atoms with E-state index < -0.39 is 29.2 Å². The van der Waals surface area contributed by atoms with Crippen LogP contribution in [0.2, 0.25) is 0 Å². The first kappa shape index (κ1) is 26.3. The molecule has 0 aliphatic carbocycles. The summed E-state index contributed by atoms with van der Waals surface area (Å²) in [7, 11) is 5.04. The molecule has 0 saturated carbocycles. The number of amides is 2. The second kappa shape index (κ2) is 10.5. The van der Waals surface area contributed by atoms with Crippen LogP contribution in [0.1, 0.15) is 12.7 Å². The number of β-lactam (4-membered cyclic amide) rings is 1. The van der Waals surface area contributed by atoms with Crippen LogP contribution in [0.15, 0.2) is 28.6 Å². The lowest BCUT2D eigenvalue weighted by Gasteiger charge is -2.49. The predicted octanol–water partition coefficient (Wildman–Crippen LogP) is -0.569. The van der Waals surface area contributed by atoms with Crippen LogP contribution in [0.4, 0.5) is 5.13 Å². The molecule has 1 fully saturated rings. The van der Waals surface area contributed by atoms with E-state index in [4.69, 9.17) is 10.6 Å². The summed E-state index contributed by atoms with van der Waals surface area (Å²) in [5.41, 5.74) is 5.66. The summed E-state index contributed by atoms with van der Waals surface area (Å²) >= 11 is 2.20. The van der Waals surface area contributed by atoms with Crippen LogP contribution >= 0.6 is 23.3 Å². The first-order valence-corrected chi connectivity index (χ1v) is 12.2. The summed E-state index contributed by atoms with van der Waals surface area (Å²) in [6.07, 6.45) is 3.47. The van der Waals surface area contributed by atoms with Gasteiger partial charge in [-0.25, -0.2) is 4.79 Å². The van der Waals surface area contributed by atoms with E-state index in [1.165, 1.54) is 30.7 Å². The van der Waals surface area contributed by atoms with E-state index >= 15 is 0 Å². The van der Waals surface area contributed by atoms with Crippen molar-refractivity contribution >= 4 is 57.7 Å². The van der Waals surface area contributed by atoms with Crippen LogP contribution in [0.25, 0.3) is 0 Å². The third-order valence-electron chi connectivity index (χ3n) is 5.11. The number of hydrogen-bond acceptors (Lipinski definition) is 11. The van der Waals surface area contributed by atoms with Gasteiger partial charge in [0.2, 0.25) is 11.5 Å². The lowest BCUT2D eigenvalue weighted by atomic mass is 10.0. The number of aliphatic carboxylic acids is 1. The van der Waals surface area contributed by atoms with Gasteiger partial charge in [-0.05, 0) is 11.6 Å². The zero-order valence-corrected chi connectivity index (χ0v) is 21.2. The van der Waals surface area contributed by atoms with Gasteiger partial charge in [0, 0.05) is 24.2 Å². The summed E-state index contributed by atoms with van der Waals surface area (Å²) < 4.78 is 4.35. The van der Waals surface area contributed by atoms with E-state index in [9.17, 15) is 24.3 Å². The molecule has 13 nitrogen and oxygen atoms in total. The van der Waals surface area contributed by atoms with Crippen molar-refractivity contribution in [2.24, 2.45) is 5.16 Å². The minimum atomic E-state index is -1.24. The smallest absolute Gasteiger partial charge is 0.352 e. The highest BCUT2D eigenvalue weighted by Gasteiger charge is 2.54. The molecule has 0 bridgehead atoms. The lowest BCUT2D eigenvalue weighted by Crippen LogP contribution is -2.71. The number of nitrogens with two attached hydrogens (primary N) is 1. The summed E-state index contributed by atoms with van der Waals surface area (Å²) in [4.78, 5) is 58.9. The van der Waals surface area contributed by atoms with Crippen LogP contribution in [0, 0.1) is 0 Å². The molecule has 15 heteroatoms. The van der Waals surface area contributed by atoms with Crippen molar-refractivity contribution in [2.45, 2.75) is 18.3 Å². The average molecular weight is 525 g/mol. The average Bonchev–Trinajstić information content (AvgIpc) is 3.19. The monoisotopic (exact) mass is 524 g/mol. The second-order valence-corrected chi connectivity index (χ2v) is 10.4. The van der Waals surface area contributed by atoms with E-state index in [-0.39, 0.29) is 28.1 Å². The number of nitrogens with zero attached hydrogens (tertiary/aromatic N) is 5. The normalized spacial score (nSPS) is 20.5. The van der Waals surface area contributed by atoms with E-state index in [2.05, 4.69) is 19.8 Å². The topological polar surface area (TPSA) is 177 Å². The molecule has 1 aromatic heterocycles. The van der Waals surface area contributed by atoms with E-state index in [0.29, 0.717) is 28.9 Å². The minimum Gasteiger partial charge on any atom is -0.477 e. The van der Waals surface area contributed by atoms with Crippen LogP contribution in [-0.4, -0.2) is 105 Å². The Balaban J connectivity index is 1.75. The number of carbonyl (C=O) groups excluding carboxylic acids is 3. The van der Waals surface area contributed by atoms with Crippen LogP contribution < -0.4 is 11.1 Å². The van der Waals surface area contributed by atoms with Crippen molar-refractivity contribution in [3.05, 3.63) is 29.2 Å². The van der Waals surface area contributed by atoms with Crippen molar-refractivity contribution < 1.29 is 33.6 Å². The number of likely N-dealkylation sites (N-methyl/N-ethyl adjacent to an activating group) is 1. The van der Waals surface area contributed by atoms with Gasteiger partial charge in [-0.3, -0.25) is 19.3 Å². The van der Waals surface area contributed by atoms with Gasteiger partial charge in [0.15, 0.2) is 10.9 Å². The van der Waals surface area contributed by atoms with Crippen LogP contribution in [0.3, 0.4) is 0 Å². The number of hydrogen-bond donors (Lipinski definition) is 3. The Morgan fingerprint density at radius 1 is 1.40 bits per heavy atom. The fourth-order valence-corrected chi connectivity index (χ4v) is 5.49. The number of allylic oxidation sites excluding steroid dienone is 1. The summed E-state index contributed by atoms with van der Waals surface area (Å²) in [6.45, 7) is 2.37. The predicted molar refractivity (Wildman–Crippen MR) is 129 cm³/mol. The molecule has 0 aromatic carbocycles. The number of fused-ring (bicyclic) bond motifs is 1. The highest BCUT2D eigenvalue weighted by atomic mass is 32.2. The van der Waals surface area contributed by atoms with E-state index in [0.717, 1.165) is 11.5 Å². The Morgan fingerprint density at radius 2 is 2.11 bits per heavy atom. The molecule has 1 aromatic rings. The standard InChI is InChI=1S/C20H25N7O6S2/c1-10(28)8-27(2,3)7-5-6-11-9-34-18-13(17(30)26(18)14(11)19(31)32)22-16(29)12(24-33-4)15-23-20(21)35-25-15/h5-6,13,18H,7-9H2,1-4H3,(H3-,21,22,23,25,29,31,32)/p+1/b6-5+,24-12-/t13-,18+/m1/s1. The molecular formula is C20H26N7O6S2+. The Bertz CT molecular complexity index is 1140. The highest BCUT2D eigenvalue weighted by Crippen LogP contribution is 2.40. The number of oxime groups is 1. The molecule has 0 radical (unpaired) electrons. The van der Waals surface area contributed by atoms with Crippen molar-refractivity contribution in [3.8, 4) is 0 Å². The fraction of sp³-hybridized carbons (Fsp3) is 0.450. The lowest BCUT2D eigenvalue weighted by molar-refractivity contribution is -0.876. The van der Waals surface area contributed by atoms with Gasteiger partial charge in [0.1, 0.15) is 30.8 Å². The molecule has 0 spiro atoms. The molecule has 2 aliphatic heterocycles. The molecule has 0 unspecified atom stereocenters. The Kier molecular flexibility index (Phi) is 7.92. The number of carbonyl (C=O) groups is 4. The maximum absolute atomic E-state index is 12.9.